The average Bonchev–Trinajstić information content (AvgIpc) is 2.90. The normalized spacial score (nSPS) is 12.9. The maximum Gasteiger partial charge on any atom is 0.0842 e. The first-order valence-corrected chi connectivity index (χ1v) is 7.30. The van der Waals surface area contributed by atoms with E-state index in [4.69, 9.17) is 0 Å². The van der Waals surface area contributed by atoms with Gasteiger partial charge in [-0.2, -0.15) is 5.10 Å². The van der Waals surface area contributed by atoms with E-state index < -0.39 is 0 Å². The minimum atomic E-state index is 0.235. The second-order valence-corrected chi connectivity index (χ2v) is 6.40. The van der Waals surface area contributed by atoms with Gasteiger partial charge in [0.1, 0.15) is 0 Å². The number of nitrogens with zero attached hydrogens (tertiary/aromatic N) is 2. The van der Waals surface area contributed by atoms with Gasteiger partial charge in [-0.05, 0) is 47.1 Å². The van der Waals surface area contributed by atoms with Crippen LogP contribution >= 0.6 is 27.3 Å². The number of hydrogen-bond acceptors (Lipinski definition) is 3. The van der Waals surface area contributed by atoms with Gasteiger partial charge in [0.2, 0.25) is 0 Å². The molecule has 2 heterocycles. The molecule has 5 heteroatoms. The van der Waals surface area contributed by atoms with Gasteiger partial charge in [0.25, 0.3) is 0 Å². The van der Waals surface area contributed by atoms with E-state index >= 15 is 0 Å². The molecule has 0 saturated carbocycles. The van der Waals surface area contributed by atoms with E-state index in [1.165, 1.54) is 10.6 Å². The van der Waals surface area contributed by atoms with Gasteiger partial charge in [-0.3, -0.25) is 4.68 Å². The lowest BCUT2D eigenvalue weighted by Crippen LogP contribution is -2.24. The van der Waals surface area contributed by atoms with Crippen LogP contribution in [0.5, 0.6) is 0 Å². The molecule has 0 bridgehead atoms. The van der Waals surface area contributed by atoms with E-state index in [2.05, 4.69) is 51.5 Å². The van der Waals surface area contributed by atoms with Crippen molar-refractivity contribution in [3.63, 3.8) is 0 Å². The van der Waals surface area contributed by atoms with Crippen LogP contribution in [-0.4, -0.2) is 16.3 Å². The smallest absolute Gasteiger partial charge is 0.0842 e. The van der Waals surface area contributed by atoms with Crippen LogP contribution in [0.15, 0.2) is 28.2 Å². The first kappa shape index (κ1) is 12.8. The number of halogens is 1. The van der Waals surface area contributed by atoms with Gasteiger partial charge >= 0.3 is 0 Å². The lowest BCUT2D eigenvalue weighted by molar-refractivity contribution is 0.560. The van der Waals surface area contributed by atoms with Crippen LogP contribution in [0.4, 0.5) is 0 Å². The highest BCUT2D eigenvalue weighted by molar-refractivity contribution is 9.11. The van der Waals surface area contributed by atoms with E-state index in [-0.39, 0.29) is 6.04 Å². The van der Waals surface area contributed by atoms with Crippen molar-refractivity contribution in [1.82, 2.24) is 15.1 Å². The fourth-order valence-corrected chi connectivity index (χ4v) is 3.30. The maximum atomic E-state index is 4.25. The molecule has 0 aliphatic heterocycles. The summed E-state index contributed by atoms with van der Waals surface area (Å²) in [5.74, 6) is 0. The minimum absolute atomic E-state index is 0.235. The van der Waals surface area contributed by atoms with E-state index in [0.29, 0.717) is 0 Å². The van der Waals surface area contributed by atoms with Crippen molar-refractivity contribution in [3.8, 4) is 0 Å². The summed E-state index contributed by atoms with van der Waals surface area (Å²) in [6, 6.07) is 6.56. The second-order valence-electron chi connectivity index (χ2n) is 3.91. The molecule has 0 radical (unpaired) electrons. The zero-order valence-electron chi connectivity index (χ0n) is 9.98. The number of thiophene rings is 1. The third-order valence-corrected chi connectivity index (χ3v) is 4.32. The van der Waals surface area contributed by atoms with Crippen LogP contribution in [0.25, 0.3) is 0 Å². The molecule has 2 rings (SSSR count). The summed E-state index contributed by atoms with van der Waals surface area (Å²) < 4.78 is 3.10. The van der Waals surface area contributed by atoms with E-state index in [1.807, 2.05) is 17.9 Å². The standard InChI is InChI=1S/C12H16BrN3S/c1-3-7-14-12(9-6-8-15-16(9)2)10-4-5-11(13)17-10/h4-6,8,12,14H,3,7H2,1-2H3. The molecule has 3 nitrogen and oxygen atoms in total. The van der Waals surface area contributed by atoms with Crippen molar-refractivity contribution in [2.24, 2.45) is 7.05 Å². The van der Waals surface area contributed by atoms with E-state index in [9.17, 15) is 0 Å². The lowest BCUT2D eigenvalue weighted by atomic mass is 10.1. The molecule has 0 saturated heterocycles. The molecule has 2 aromatic rings. The zero-order valence-corrected chi connectivity index (χ0v) is 12.4. The SMILES string of the molecule is CCCNC(c1ccc(Br)s1)c1ccnn1C. The Morgan fingerprint density at radius 1 is 1.47 bits per heavy atom. The van der Waals surface area contributed by atoms with Gasteiger partial charge in [0.05, 0.1) is 15.5 Å². The zero-order chi connectivity index (χ0) is 12.3. The Balaban J connectivity index is 2.28. The fraction of sp³-hybridized carbons (Fsp3) is 0.417. The number of rotatable bonds is 5. The van der Waals surface area contributed by atoms with Gasteiger partial charge in [0, 0.05) is 18.1 Å². The molecule has 92 valence electrons. The first-order valence-electron chi connectivity index (χ1n) is 5.69. The molecule has 0 aliphatic carbocycles. The lowest BCUT2D eigenvalue weighted by Gasteiger charge is -2.17. The summed E-state index contributed by atoms with van der Waals surface area (Å²) >= 11 is 5.29. The highest BCUT2D eigenvalue weighted by Gasteiger charge is 2.18. The van der Waals surface area contributed by atoms with Gasteiger partial charge in [0.15, 0.2) is 0 Å². The fourth-order valence-electron chi connectivity index (χ4n) is 1.79. The van der Waals surface area contributed by atoms with Crippen molar-refractivity contribution in [3.05, 3.63) is 38.8 Å². The van der Waals surface area contributed by atoms with Gasteiger partial charge in [-0.25, -0.2) is 0 Å². The molecule has 1 atom stereocenters. The Bertz CT molecular complexity index is 478. The number of aryl methyl sites for hydroxylation is 1. The van der Waals surface area contributed by atoms with Crippen LogP contribution in [-0.2, 0) is 7.05 Å². The Hall–Kier alpha value is -0.650. The van der Waals surface area contributed by atoms with Crippen molar-refractivity contribution < 1.29 is 0 Å². The highest BCUT2D eigenvalue weighted by Crippen LogP contribution is 2.30. The molecule has 1 N–H and O–H groups in total. The largest absolute Gasteiger partial charge is 0.304 e. The van der Waals surface area contributed by atoms with Gasteiger partial charge in [-0.1, -0.05) is 6.92 Å². The average molecular weight is 314 g/mol. The Kier molecular flexibility index (Phi) is 4.36. The topological polar surface area (TPSA) is 29.9 Å². The molecule has 0 amide bonds. The number of hydrogen-bond donors (Lipinski definition) is 1. The molecule has 0 aliphatic rings. The van der Waals surface area contributed by atoms with Gasteiger partial charge in [-0.15, -0.1) is 11.3 Å². The van der Waals surface area contributed by atoms with Crippen molar-refractivity contribution in [2.45, 2.75) is 19.4 Å². The van der Waals surface area contributed by atoms with Crippen LogP contribution in [0.3, 0.4) is 0 Å². The summed E-state index contributed by atoms with van der Waals surface area (Å²) in [6.07, 6.45) is 2.97. The van der Waals surface area contributed by atoms with Crippen LogP contribution in [0.2, 0.25) is 0 Å². The summed E-state index contributed by atoms with van der Waals surface area (Å²) in [5.41, 5.74) is 1.20. The summed E-state index contributed by atoms with van der Waals surface area (Å²) in [7, 11) is 1.98. The third kappa shape index (κ3) is 2.97. The molecule has 0 fully saturated rings. The van der Waals surface area contributed by atoms with Crippen molar-refractivity contribution >= 4 is 27.3 Å². The molecule has 2 aromatic heterocycles. The molecular weight excluding hydrogens is 298 g/mol. The molecule has 0 aromatic carbocycles. The van der Waals surface area contributed by atoms with Crippen LogP contribution in [0.1, 0.15) is 30.0 Å². The Labute approximate surface area is 114 Å². The molecule has 1 unspecified atom stereocenters. The highest BCUT2D eigenvalue weighted by atomic mass is 79.9. The number of nitrogens with one attached hydrogen (secondary N) is 1. The van der Waals surface area contributed by atoms with E-state index in [1.54, 1.807) is 11.3 Å². The first-order chi connectivity index (χ1) is 8.22. The van der Waals surface area contributed by atoms with Gasteiger partial charge < -0.3 is 5.32 Å². The van der Waals surface area contributed by atoms with E-state index in [0.717, 1.165) is 16.8 Å². The summed E-state index contributed by atoms with van der Waals surface area (Å²) in [5, 5.41) is 7.82. The van der Waals surface area contributed by atoms with Crippen LogP contribution in [0, 0.1) is 0 Å². The number of aromatic nitrogens is 2. The predicted molar refractivity (Wildman–Crippen MR) is 75.4 cm³/mol. The maximum absolute atomic E-state index is 4.25. The van der Waals surface area contributed by atoms with Crippen LogP contribution < -0.4 is 5.32 Å². The quantitative estimate of drug-likeness (QED) is 0.917. The Morgan fingerprint density at radius 2 is 2.29 bits per heavy atom. The molecule has 17 heavy (non-hydrogen) atoms. The summed E-state index contributed by atoms with van der Waals surface area (Å²) in [4.78, 5) is 1.31. The molecule has 0 spiro atoms. The summed E-state index contributed by atoms with van der Waals surface area (Å²) in [6.45, 7) is 3.18. The third-order valence-electron chi connectivity index (χ3n) is 2.63. The molecular formula is C12H16BrN3S. The minimum Gasteiger partial charge on any atom is -0.304 e. The second kappa shape index (κ2) is 5.80. The van der Waals surface area contributed by atoms with Crippen molar-refractivity contribution in [2.75, 3.05) is 6.54 Å². The predicted octanol–water partition coefficient (Wildman–Crippen LogP) is 3.33. The van der Waals surface area contributed by atoms with Crippen molar-refractivity contribution in [1.29, 1.82) is 0 Å². The monoisotopic (exact) mass is 313 g/mol. The Morgan fingerprint density at radius 3 is 2.82 bits per heavy atom.